The number of rotatable bonds is 3. The van der Waals surface area contributed by atoms with Crippen molar-refractivity contribution >= 4 is 21.8 Å². The van der Waals surface area contributed by atoms with Crippen LogP contribution >= 0.6 is 15.9 Å². The van der Waals surface area contributed by atoms with Crippen LogP contribution in [0.15, 0.2) is 28.7 Å². The summed E-state index contributed by atoms with van der Waals surface area (Å²) in [4.78, 5) is 13.9. The summed E-state index contributed by atoms with van der Waals surface area (Å²) in [7, 11) is 0. The van der Waals surface area contributed by atoms with Gasteiger partial charge in [-0.2, -0.15) is 0 Å². The number of piperazine rings is 1. The number of nitrogens with one attached hydrogen (secondary N) is 1. The maximum Gasteiger partial charge on any atom is 0.237 e. The van der Waals surface area contributed by atoms with Crippen LogP contribution in [0.1, 0.15) is 18.5 Å². The molecule has 18 heavy (non-hydrogen) atoms. The predicted molar refractivity (Wildman–Crippen MR) is 75.1 cm³/mol. The van der Waals surface area contributed by atoms with Gasteiger partial charge in [0.05, 0.1) is 6.04 Å². The summed E-state index contributed by atoms with van der Waals surface area (Å²) in [5.74, 6) is 0.0757. The van der Waals surface area contributed by atoms with Gasteiger partial charge in [-0.05, 0) is 18.6 Å². The molecule has 0 spiro atoms. The lowest BCUT2D eigenvalue weighted by Crippen LogP contribution is -2.55. The molecule has 1 aromatic carbocycles. The molecule has 0 aromatic heterocycles. The zero-order chi connectivity index (χ0) is 13.1. The van der Waals surface area contributed by atoms with Crippen molar-refractivity contribution in [3.8, 4) is 0 Å². The van der Waals surface area contributed by atoms with Crippen molar-refractivity contribution in [1.82, 2.24) is 10.2 Å². The number of halogens is 1. The van der Waals surface area contributed by atoms with E-state index in [4.69, 9.17) is 5.73 Å². The van der Waals surface area contributed by atoms with Gasteiger partial charge in [0, 0.05) is 30.1 Å². The van der Waals surface area contributed by atoms with E-state index in [1.165, 1.54) is 0 Å². The van der Waals surface area contributed by atoms with Gasteiger partial charge in [0.25, 0.3) is 0 Å². The Morgan fingerprint density at radius 1 is 1.56 bits per heavy atom. The Morgan fingerprint density at radius 3 is 2.94 bits per heavy atom. The Labute approximate surface area is 116 Å². The molecule has 1 heterocycles. The molecule has 5 heteroatoms. The number of nitrogens with two attached hydrogens (primary N) is 1. The largest absolute Gasteiger partial charge is 0.353 e. The summed E-state index contributed by atoms with van der Waals surface area (Å²) in [5, 5.41) is 2.87. The van der Waals surface area contributed by atoms with Crippen LogP contribution in [0, 0.1) is 0 Å². The lowest BCUT2D eigenvalue weighted by Gasteiger charge is -2.39. The highest BCUT2D eigenvalue weighted by Crippen LogP contribution is 2.29. The van der Waals surface area contributed by atoms with Gasteiger partial charge in [-0.1, -0.05) is 34.1 Å². The SMILES string of the molecule is CC1C(=O)NCCN1C(CN)c1ccccc1Br. The molecule has 98 valence electrons. The minimum absolute atomic E-state index is 0.0709. The van der Waals surface area contributed by atoms with Crippen molar-refractivity contribution in [1.29, 1.82) is 0 Å². The van der Waals surface area contributed by atoms with Crippen LogP contribution in [0.2, 0.25) is 0 Å². The van der Waals surface area contributed by atoms with Gasteiger partial charge in [-0.3, -0.25) is 9.69 Å². The highest BCUT2D eigenvalue weighted by atomic mass is 79.9. The summed E-state index contributed by atoms with van der Waals surface area (Å²) in [5.41, 5.74) is 7.06. The molecule has 2 atom stereocenters. The Hall–Kier alpha value is -0.910. The molecule has 0 saturated carbocycles. The molecule has 1 saturated heterocycles. The summed E-state index contributed by atoms with van der Waals surface area (Å²) in [6.07, 6.45) is 0. The number of amides is 1. The highest BCUT2D eigenvalue weighted by molar-refractivity contribution is 9.10. The standard InChI is InChI=1S/C13H18BrN3O/c1-9-13(18)16-6-7-17(9)12(8-15)10-4-2-3-5-11(10)14/h2-5,9,12H,6-8,15H2,1H3,(H,16,18). The maximum atomic E-state index is 11.7. The molecule has 0 aliphatic carbocycles. The third-order valence-corrected chi connectivity index (χ3v) is 4.16. The Balaban J connectivity index is 2.28. The summed E-state index contributed by atoms with van der Waals surface area (Å²) in [6, 6.07) is 7.97. The first-order chi connectivity index (χ1) is 8.65. The quantitative estimate of drug-likeness (QED) is 0.884. The highest BCUT2D eigenvalue weighted by Gasteiger charge is 2.31. The molecule has 2 rings (SSSR count). The number of carbonyl (C=O) groups excluding carboxylic acids is 1. The Morgan fingerprint density at radius 2 is 2.28 bits per heavy atom. The van der Waals surface area contributed by atoms with Gasteiger partial charge in [-0.15, -0.1) is 0 Å². The molecule has 4 nitrogen and oxygen atoms in total. The average Bonchev–Trinajstić information content (AvgIpc) is 2.37. The average molecular weight is 312 g/mol. The van der Waals surface area contributed by atoms with E-state index in [0.29, 0.717) is 13.1 Å². The normalized spacial score (nSPS) is 22.6. The van der Waals surface area contributed by atoms with Crippen LogP contribution in [-0.2, 0) is 4.79 Å². The van der Waals surface area contributed by atoms with E-state index in [1.54, 1.807) is 0 Å². The van der Waals surface area contributed by atoms with Gasteiger partial charge < -0.3 is 11.1 Å². The van der Waals surface area contributed by atoms with Crippen molar-refractivity contribution in [3.63, 3.8) is 0 Å². The number of hydrogen-bond donors (Lipinski definition) is 2. The van der Waals surface area contributed by atoms with Crippen LogP contribution in [0.5, 0.6) is 0 Å². The molecular weight excluding hydrogens is 294 g/mol. The molecule has 3 N–H and O–H groups in total. The topological polar surface area (TPSA) is 58.4 Å². The van der Waals surface area contributed by atoms with Crippen molar-refractivity contribution < 1.29 is 4.79 Å². The molecular formula is C13H18BrN3O. The summed E-state index contributed by atoms with van der Waals surface area (Å²) >= 11 is 3.56. The second-order valence-electron chi connectivity index (χ2n) is 4.48. The van der Waals surface area contributed by atoms with Gasteiger partial charge >= 0.3 is 0 Å². The monoisotopic (exact) mass is 311 g/mol. The Bertz CT molecular complexity index is 438. The number of hydrogen-bond acceptors (Lipinski definition) is 3. The summed E-state index contributed by atoms with van der Waals surface area (Å²) < 4.78 is 1.04. The first kappa shape index (κ1) is 13.5. The molecule has 2 unspecified atom stereocenters. The van der Waals surface area contributed by atoms with Crippen LogP contribution in [0.4, 0.5) is 0 Å². The molecule has 1 aliphatic heterocycles. The van der Waals surface area contributed by atoms with Crippen LogP contribution < -0.4 is 11.1 Å². The zero-order valence-electron chi connectivity index (χ0n) is 10.4. The van der Waals surface area contributed by atoms with Crippen molar-refractivity contribution in [2.75, 3.05) is 19.6 Å². The van der Waals surface area contributed by atoms with E-state index >= 15 is 0 Å². The predicted octanol–water partition coefficient (Wildman–Crippen LogP) is 1.27. The second-order valence-corrected chi connectivity index (χ2v) is 5.33. The van der Waals surface area contributed by atoms with Crippen molar-refractivity contribution in [2.45, 2.75) is 19.0 Å². The smallest absolute Gasteiger partial charge is 0.237 e. The third kappa shape index (κ3) is 2.58. The van der Waals surface area contributed by atoms with Crippen LogP contribution in [-0.4, -0.2) is 36.5 Å². The van der Waals surface area contributed by atoms with Crippen LogP contribution in [0.25, 0.3) is 0 Å². The molecule has 0 radical (unpaired) electrons. The molecule has 1 aliphatic rings. The fraction of sp³-hybridized carbons (Fsp3) is 0.462. The number of benzene rings is 1. The van der Waals surface area contributed by atoms with E-state index in [-0.39, 0.29) is 18.0 Å². The fourth-order valence-electron chi connectivity index (χ4n) is 2.41. The van der Waals surface area contributed by atoms with Gasteiger partial charge in [0.1, 0.15) is 0 Å². The minimum atomic E-state index is -0.139. The third-order valence-electron chi connectivity index (χ3n) is 3.43. The molecule has 1 amide bonds. The van der Waals surface area contributed by atoms with E-state index < -0.39 is 0 Å². The number of nitrogens with zero attached hydrogens (tertiary/aromatic N) is 1. The van der Waals surface area contributed by atoms with Gasteiger partial charge in [0.2, 0.25) is 5.91 Å². The van der Waals surface area contributed by atoms with Crippen LogP contribution in [0.3, 0.4) is 0 Å². The number of carbonyl (C=O) groups is 1. The lowest BCUT2D eigenvalue weighted by molar-refractivity contribution is -0.129. The minimum Gasteiger partial charge on any atom is -0.353 e. The second kappa shape index (κ2) is 5.82. The fourth-order valence-corrected chi connectivity index (χ4v) is 2.96. The van der Waals surface area contributed by atoms with E-state index in [2.05, 4.69) is 32.2 Å². The van der Waals surface area contributed by atoms with Crippen molar-refractivity contribution in [3.05, 3.63) is 34.3 Å². The maximum absolute atomic E-state index is 11.7. The molecule has 1 fully saturated rings. The van der Waals surface area contributed by atoms with Gasteiger partial charge in [0.15, 0.2) is 0 Å². The molecule has 1 aromatic rings. The first-order valence-electron chi connectivity index (χ1n) is 6.13. The van der Waals surface area contributed by atoms with Gasteiger partial charge in [-0.25, -0.2) is 0 Å². The van der Waals surface area contributed by atoms with E-state index in [9.17, 15) is 4.79 Å². The lowest BCUT2D eigenvalue weighted by atomic mass is 10.0. The zero-order valence-corrected chi connectivity index (χ0v) is 12.0. The van der Waals surface area contributed by atoms with Crippen molar-refractivity contribution in [2.24, 2.45) is 5.73 Å². The van der Waals surface area contributed by atoms with E-state index in [1.807, 2.05) is 25.1 Å². The Kier molecular flexibility index (Phi) is 4.37. The molecule has 0 bridgehead atoms. The first-order valence-corrected chi connectivity index (χ1v) is 6.92. The van der Waals surface area contributed by atoms with E-state index in [0.717, 1.165) is 16.6 Å². The summed E-state index contributed by atoms with van der Waals surface area (Å²) in [6.45, 7) is 3.94.